The lowest BCUT2D eigenvalue weighted by atomic mass is 10.2. The Hall–Kier alpha value is -3.09. The molecule has 134 valence electrons. The Morgan fingerprint density at radius 3 is 2.38 bits per heavy atom. The van der Waals surface area contributed by atoms with Crippen molar-refractivity contribution in [3.63, 3.8) is 0 Å². The van der Waals surface area contributed by atoms with Crippen LogP contribution in [0.4, 0.5) is 0 Å². The predicted molar refractivity (Wildman–Crippen MR) is 95.9 cm³/mol. The Bertz CT molecular complexity index is 920. The third kappa shape index (κ3) is 2.85. The molecule has 26 heavy (non-hydrogen) atoms. The van der Waals surface area contributed by atoms with E-state index in [4.69, 9.17) is 9.47 Å². The second-order valence-electron chi connectivity index (χ2n) is 6.24. The number of carbonyl (C=O) groups is 1. The van der Waals surface area contributed by atoms with Crippen molar-refractivity contribution in [2.45, 2.75) is 25.6 Å². The van der Waals surface area contributed by atoms with E-state index < -0.39 is 0 Å². The van der Waals surface area contributed by atoms with Crippen molar-refractivity contribution in [3.05, 3.63) is 48.0 Å². The first kappa shape index (κ1) is 16.4. The minimum absolute atomic E-state index is 0.103. The number of nitrogens with zero attached hydrogens (tertiary/aromatic N) is 4. The molecule has 1 aromatic heterocycles. The monoisotopic (exact) mass is 352 g/mol. The fourth-order valence-corrected chi connectivity index (χ4v) is 3.34. The molecule has 1 aliphatic rings. The standard InChI is InChI=1S/C19H20N4O3/c1-25-16-8-7-13(11-17(16)26-2)12-22-18(9-10-19(22)24)23-20-14-5-3-4-6-15(14)21-23/h3-8,11,18H,9-10,12H2,1-2H3. The maximum Gasteiger partial charge on any atom is 0.224 e. The van der Waals surface area contributed by atoms with Crippen molar-refractivity contribution in [2.24, 2.45) is 0 Å². The molecule has 2 aromatic carbocycles. The summed E-state index contributed by atoms with van der Waals surface area (Å²) in [5, 5.41) is 9.10. The highest BCUT2D eigenvalue weighted by molar-refractivity contribution is 5.78. The molecule has 1 fully saturated rings. The predicted octanol–water partition coefficient (Wildman–Crippen LogP) is 2.77. The highest BCUT2D eigenvalue weighted by Gasteiger charge is 2.33. The van der Waals surface area contributed by atoms with Gasteiger partial charge in [-0.25, -0.2) is 0 Å². The van der Waals surface area contributed by atoms with Crippen LogP contribution in [-0.2, 0) is 11.3 Å². The third-order valence-electron chi connectivity index (χ3n) is 4.67. The van der Waals surface area contributed by atoms with Gasteiger partial charge in [-0.15, -0.1) is 0 Å². The lowest BCUT2D eigenvalue weighted by Crippen LogP contribution is -2.31. The molecule has 0 N–H and O–H groups in total. The fourth-order valence-electron chi connectivity index (χ4n) is 3.34. The van der Waals surface area contributed by atoms with E-state index in [-0.39, 0.29) is 12.1 Å². The SMILES string of the molecule is COc1ccc(CN2C(=O)CCC2n2nc3ccccc3n2)cc1OC. The molecule has 1 unspecified atom stereocenters. The largest absolute Gasteiger partial charge is 0.493 e. The van der Waals surface area contributed by atoms with Crippen LogP contribution in [0, 0.1) is 0 Å². The molecule has 0 radical (unpaired) electrons. The highest BCUT2D eigenvalue weighted by atomic mass is 16.5. The van der Waals surface area contributed by atoms with E-state index in [1.807, 2.05) is 47.4 Å². The molecule has 0 saturated carbocycles. The second-order valence-corrected chi connectivity index (χ2v) is 6.24. The van der Waals surface area contributed by atoms with Gasteiger partial charge in [0.2, 0.25) is 5.91 Å². The van der Waals surface area contributed by atoms with Gasteiger partial charge < -0.3 is 14.4 Å². The molecule has 2 heterocycles. The zero-order chi connectivity index (χ0) is 18.1. The average Bonchev–Trinajstić information content (AvgIpc) is 3.25. The van der Waals surface area contributed by atoms with E-state index in [9.17, 15) is 4.79 Å². The summed E-state index contributed by atoms with van der Waals surface area (Å²) in [7, 11) is 3.20. The molecule has 1 saturated heterocycles. The molecule has 1 amide bonds. The number of carbonyl (C=O) groups excluding carboxylic acids is 1. The van der Waals surface area contributed by atoms with E-state index in [0.29, 0.717) is 30.9 Å². The maximum atomic E-state index is 12.5. The van der Waals surface area contributed by atoms with Crippen LogP contribution in [0.15, 0.2) is 42.5 Å². The van der Waals surface area contributed by atoms with Crippen molar-refractivity contribution in [1.82, 2.24) is 19.9 Å². The summed E-state index contributed by atoms with van der Waals surface area (Å²) >= 11 is 0. The van der Waals surface area contributed by atoms with Crippen molar-refractivity contribution in [3.8, 4) is 11.5 Å². The number of methoxy groups -OCH3 is 2. The number of fused-ring (bicyclic) bond motifs is 1. The van der Waals surface area contributed by atoms with Crippen LogP contribution in [-0.4, -0.2) is 40.0 Å². The molecule has 3 aromatic rings. The zero-order valence-corrected chi connectivity index (χ0v) is 14.8. The second kappa shape index (κ2) is 6.67. The first-order valence-electron chi connectivity index (χ1n) is 8.51. The van der Waals surface area contributed by atoms with E-state index in [1.165, 1.54) is 0 Å². The number of hydrogen-bond donors (Lipinski definition) is 0. The summed E-state index contributed by atoms with van der Waals surface area (Å²) in [5.74, 6) is 1.42. The molecular weight excluding hydrogens is 332 g/mol. The van der Waals surface area contributed by atoms with Gasteiger partial charge in [-0.05, 0) is 36.2 Å². The number of likely N-dealkylation sites (tertiary alicyclic amines) is 1. The van der Waals surface area contributed by atoms with E-state index in [2.05, 4.69) is 10.2 Å². The molecule has 1 atom stereocenters. The van der Waals surface area contributed by atoms with Crippen LogP contribution in [0.1, 0.15) is 24.6 Å². The van der Waals surface area contributed by atoms with Gasteiger partial charge in [-0.2, -0.15) is 15.0 Å². The third-order valence-corrected chi connectivity index (χ3v) is 4.67. The quantitative estimate of drug-likeness (QED) is 0.706. The molecule has 4 rings (SSSR count). The molecule has 7 heteroatoms. The van der Waals surface area contributed by atoms with Crippen molar-refractivity contribution >= 4 is 16.9 Å². The number of rotatable bonds is 5. The first-order valence-corrected chi connectivity index (χ1v) is 8.51. The fraction of sp³-hybridized carbons (Fsp3) is 0.316. The molecule has 0 bridgehead atoms. The molecule has 1 aliphatic heterocycles. The summed E-state index contributed by atoms with van der Waals surface area (Å²) in [6.45, 7) is 0.474. The van der Waals surface area contributed by atoms with Crippen LogP contribution in [0.3, 0.4) is 0 Å². The molecule has 7 nitrogen and oxygen atoms in total. The average molecular weight is 352 g/mol. The van der Waals surface area contributed by atoms with Gasteiger partial charge in [0, 0.05) is 13.0 Å². The number of benzene rings is 2. The van der Waals surface area contributed by atoms with Crippen molar-refractivity contribution in [2.75, 3.05) is 14.2 Å². The Kier molecular flexibility index (Phi) is 4.20. The topological polar surface area (TPSA) is 69.5 Å². The number of amides is 1. The first-order chi connectivity index (χ1) is 12.7. The van der Waals surface area contributed by atoms with Gasteiger partial charge >= 0.3 is 0 Å². The van der Waals surface area contributed by atoms with Crippen LogP contribution >= 0.6 is 0 Å². The normalized spacial score (nSPS) is 17.1. The summed E-state index contributed by atoms with van der Waals surface area (Å²) in [4.78, 5) is 15.9. The van der Waals surface area contributed by atoms with Gasteiger partial charge in [0.05, 0.1) is 14.2 Å². The summed E-state index contributed by atoms with van der Waals surface area (Å²) in [5.41, 5.74) is 2.63. The molecular formula is C19H20N4O3. The number of aromatic nitrogens is 3. The smallest absolute Gasteiger partial charge is 0.224 e. The van der Waals surface area contributed by atoms with Gasteiger partial charge in [0.25, 0.3) is 0 Å². The molecule has 0 aliphatic carbocycles. The minimum atomic E-state index is -0.178. The van der Waals surface area contributed by atoms with Gasteiger partial charge in [-0.1, -0.05) is 18.2 Å². The van der Waals surface area contributed by atoms with Crippen molar-refractivity contribution < 1.29 is 14.3 Å². The van der Waals surface area contributed by atoms with Crippen molar-refractivity contribution in [1.29, 1.82) is 0 Å². The number of ether oxygens (including phenoxy) is 2. The van der Waals surface area contributed by atoms with E-state index in [0.717, 1.165) is 16.6 Å². The Morgan fingerprint density at radius 1 is 1.04 bits per heavy atom. The van der Waals surface area contributed by atoms with Gasteiger partial charge in [0.15, 0.2) is 11.5 Å². The van der Waals surface area contributed by atoms with Crippen LogP contribution < -0.4 is 9.47 Å². The van der Waals surface area contributed by atoms with Crippen LogP contribution in [0.2, 0.25) is 0 Å². The number of hydrogen-bond acceptors (Lipinski definition) is 5. The lowest BCUT2D eigenvalue weighted by Gasteiger charge is -2.24. The summed E-state index contributed by atoms with van der Waals surface area (Å²) < 4.78 is 10.6. The van der Waals surface area contributed by atoms with Crippen LogP contribution in [0.25, 0.3) is 11.0 Å². The Morgan fingerprint density at radius 2 is 1.73 bits per heavy atom. The van der Waals surface area contributed by atoms with Gasteiger partial charge in [0.1, 0.15) is 17.2 Å². The van der Waals surface area contributed by atoms with E-state index >= 15 is 0 Å². The zero-order valence-electron chi connectivity index (χ0n) is 14.8. The maximum absolute atomic E-state index is 12.5. The van der Waals surface area contributed by atoms with Crippen LogP contribution in [0.5, 0.6) is 11.5 Å². The highest BCUT2D eigenvalue weighted by Crippen LogP contribution is 2.32. The summed E-state index contributed by atoms with van der Waals surface area (Å²) in [6.07, 6.45) is 1.02. The summed E-state index contributed by atoms with van der Waals surface area (Å²) in [6, 6.07) is 13.4. The van der Waals surface area contributed by atoms with Gasteiger partial charge in [-0.3, -0.25) is 4.79 Å². The Labute approximate surface area is 151 Å². The lowest BCUT2D eigenvalue weighted by molar-refractivity contribution is -0.131. The molecule has 0 spiro atoms. The Balaban J connectivity index is 1.62. The minimum Gasteiger partial charge on any atom is -0.493 e. The van der Waals surface area contributed by atoms with E-state index in [1.54, 1.807) is 19.0 Å².